The highest BCUT2D eigenvalue weighted by atomic mass is 14.8. The van der Waals surface area contributed by atoms with Crippen LogP contribution in [0.15, 0.2) is 18.5 Å². The first kappa shape index (κ1) is 11.2. The van der Waals surface area contributed by atoms with E-state index < -0.39 is 0 Å². The number of aromatic amines is 1. The van der Waals surface area contributed by atoms with Crippen molar-refractivity contribution in [1.29, 1.82) is 0 Å². The minimum atomic E-state index is 0.467. The number of H-pyrrole nitrogens is 1. The number of rotatable bonds is 3. The van der Waals surface area contributed by atoms with Crippen molar-refractivity contribution >= 4 is 10.9 Å². The molecular formula is C14H20N2. The summed E-state index contributed by atoms with van der Waals surface area (Å²) in [6.07, 6.45) is 5.16. The monoisotopic (exact) mass is 216 g/mol. The lowest BCUT2D eigenvalue weighted by atomic mass is 9.99. The van der Waals surface area contributed by atoms with Gasteiger partial charge in [-0.1, -0.05) is 27.7 Å². The summed E-state index contributed by atoms with van der Waals surface area (Å²) in [5.74, 6) is 1.14. The Morgan fingerprint density at radius 2 is 2.00 bits per heavy atom. The topological polar surface area (TPSA) is 28.7 Å². The van der Waals surface area contributed by atoms with E-state index in [1.165, 1.54) is 22.2 Å². The van der Waals surface area contributed by atoms with Crippen molar-refractivity contribution in [3.63, 3.8) is 0 Å². The van der Waals surface area contributed by atoms with Crippen LogP contribution < -0.4 is 0 Å². The Hall–Kier alpha value is -1.31. The third kappa shape index (κ3) is 1.97. The molecule has 0 aliphatic carbocycles. The van der Waals surface area contributed by atoms with Gasteiger partial charge in [0, 0.05) is 17.8 Å². The van der Waals surface area contributed by atoms with Gasteiger partial charge >= 0.3 is 0 Å². The van der Waals surface area contributed by atoms with Crippen LogP contribution in [0, 0.1) is 5.92 Å². The van der Waals surface area contributed by atoms with Gasteiger partial charge in [-0.05, 0) is 29.9 Å². The summed E-state index contributed by atoms with van der Waals surface area (Å²) in [4.78, 5) is 7.92. The molecule has 86 valence electrons. The zero-order chi connectivity index (χ0) is 11.7. The number of aromatic nitrogens is 2. The van der Waals surface area contributed by atoms with Gasteiger partial charge < -0.3 is 4.98 Å². The lowest BCUT2D eigenvalue weighted by Crippen LogP contribution is -2.00. The van der Waals surface area contributed by atoms with Crippen LogP contribution in [-0.2, 0) is 6.42 Å². The molecule has 0 spiro atoms. The first-order valence-corrected chi connectivity index (χ1v) is 6.04. The van der Waals surface area contributed by atoms with Gasteiger partial charge in [-0.25, -0.2) is 0 Å². The second kappa shape index (κ2) is 4.28. The molecule has 2 nitrogen and oxygen atoms in total. The Labute approximate surface area is 97.1 Å². The van der Waals surface area contributed by atoms with E-state index in [0.717, 1.165) is 6.42 Å². The van der Waals surface area contributed by atoms with Crippen molar-refractivity contribution in [2.24, 2.45) is 5.92 Å². The van der Waals surface area contributed by atoms with Gasteiger partial charge in [-0.15, -0.1) is 0 Å². The standard InChI is InChI=1S/C14H20N2/c1-9(2)7-11-8-16-13(10(3)4)14-12(11)5-6-15-14/h5-6,8-10,15H,7H2,1-4H3. The van der Waals surface area contributed by atoms with Gasteiger partial charge in [0.2, 0.25) is 0 Å². The molecule has 0 fully saturated rings. The van der Waals surface area contributed by atoms with Crippen molar-refractivity contribution in [2.75, 3.05) is 0 Å². The van der Waals surface area contributed by atoms with Gasteiger partial charge in [-0.3, -0.25) is 4.98 Å². The average molecular weight is 216 g/mol. The zero-order valence-corrected chi connectivity index (χ0v) is 10.5. The number of hydrogen-bond acceptors (Lipinski definition) is 1. The minimum Gasteiger partial charge on any atom is -0.360 e. The van der Waals surface area contributed by atoms with Crippen LogP contribution >= 0.6 is 0 Å². The number of hydrogen-bond donors (Lipinski definition) is 1. The van der Waals surface area contributed by atoms with Crippen molar-refractivity contribution in [3.05, 3.63) is 29.7 Å². The normalized spacial score (nSPS) is 11.9. The molecule has 0 bridgehead atoms. The van der Waals surface area contributed by atoms with Crippen molar-refractivity contribution in [2.45, 2.75) is 40.0 Å². The Kier molecular flexibility index (Phi) is 2.99. The van der Waals surface area contributed by atoms with Gasteiger partial charge in [0.05, 0.1) is 11.2 Å². The Bertz CT molecular complexity index is 480. The summed E-state index contributed by atoms with van der Waals surface area (Å²) in [5.41, 5.74) is 3.75. The molecule has 1 N–H and O–H groups in total. The van der Waals surface area contributed by atoms with E-state index in [2.05, 4.69) is 43.7 Å². The van der Waals surface area contributed by atoms with Gasteiger partial charge in [0.1, 0.15) is 0 Å². The summed E-state index contributed by atoms with van der Waals surface area (Å²) in [6.45, 7) is 8.86. The van der Waals surface area contributed by atoms with Crippen LogP contribution in [0.2, 0.25) is 0 Å². The first-order valence-electron chi connectivity index (χ1n) is 6.04. The van der Waals surface area contributed by atoms with Crippen molar-refractivity contribution in [1.82, 2.24) is 9.97 Å². The number of pyridine rings is 1. The predicted octanol–water partition coefficient (Wildman–Crippen LogP) is 3.88. The van der Waals surface area contributed by atoms with E-state index in [-0.39, 0.29) is 0 Å². The van der Waals surface area contributed by atoms with Crippen molar-refractivity contribution in [3.8, 4) is 0 Å². The molecule has 2 aromatic rings. The molecule has 0 unspecified atom stereocenters. The van der Waals surface area contributed by atoms with E-state index in [9.17, 15) is 0 Å². The van der Waals surface area contributed by atoms with E-state index in [1.807, 2.05) is 12.4 Å². The number of nitrogens with one attached hydrogen (secondary N) is 1. The van der Waals surface area contributed by atoms with Crippen LogP contribution in [0.4, 0.5) is 0 Å². The first-order chi connectivity index (χ1) is 7.59. The Morgan fingerprint density at radius 3 is 2.62 bits per heavy atom. The highest BCUT2D eigenvalue weighted by Gasteiger charge is 2.11. The van der Waals surface area contributed by atoms with Crippen LogP contribution in [0.5, 0.6) is 0 Å². The van der Waals surface area contributed by atoms with Crippen LogP contribution in [0.3, 0.4) is 0 Å². The van der Waals surface area contributed by atoms with Crippen LogP contribution in [0.1, 0.15) is 44.9 Å². The van der Waals surface area contributed by atoms with E-state index in [0.29, 0.717) is 11.8 Å². The fourth-order valence-corrected chi connectivity index (χ4v) is 2.17. The second-order valence-electron chi connectivity index (χ2n) is 5.19. The fraction of sp³-hybridized carbons (Fsp3) is 0.500. The number of fused-ring (bicyclic) bond motifs is 1. The maximum Gasteiger partial charge on any atom is 0.0678 e. The maximum absolute atomic E-state index is 4.60. The van der Waals surface area contributed by atoms with Crippen molar-refractivity contribution < 1.29 is 0 Å². The Morgan fingerprint density at radius 1 is 1.25 bits per heavy atom. The molecule has 2 aromatic heterocycles. The molecule has 2 rings (SSSR count). The highest BCUT2D eigenvalue weighted by molar-refractivity contribution is 5.84. The molecule has 0 atom stereocenters. The van der Waals surface area contributed by atoms with Crippen LogP contribution in [0.25, 0.3) is 10.9 Å². The molecule has 16 heavy (non-hydrogen) atoms. The van der Waals surface area contributed by atoms with E-state index in [1.54, 1.807) is 0 Å². The summed E-state index contributed by atoms with van der Waals surface area (Å²) in [5, 5.41) is 1.34. The van der Waals surface area contributed by atoms with E-state index >= 15 is 0 Å². The highest BCUT2D eigenvalue weighted by Crippen LogP contribution is 2.26. The van der Waals surface area contributed by atoms with Gasteiger partial charge in [0.25, 0.3) is 0 Å². The fourth-order valence-electron chi connectivity index (χ4n) is 2.17. The molecule has 2 heterocycles. The summed E-state index contributed by atoms with van der Waals surface area (Å²) >= 11 is 0. The molecular weight excluding hydrogens is 196 g/mol. The molecule has 0 aliphatic heterocycles. The molecule has 0 aromatic carbocycles. The Balaban J connectivity index is 2.55. The zero-order valence-electron chi connectivity index (χ0n) is 10.5. The maximum atomic E-state index is 4.60. The molecule has 2 heteroatoms. The average Bonchev–Trinajstić information content (AvgIpc) is 2.65. The second-order valence-corrected chi connectivity index (χ2v) is 5.19. The number of nitrogens with zero attached hydrogens (tertiary/aromatic N) is 1. The molecule has 0 radical (unpaired) electrons. The lowest BCUT2D eigenvalue weighted by Gasteiger charge is -2.10. The molecule has 0 aliphatic rings. The van der Waals surface area contributed by atoms with E-state index in [4.69, 9.17) is 0 Å². The quantitative estimate of drug-likeness (QED) is 0.828. The molecule has 0 saturated carbocycles. The smallest absolute Gasteiger partial charge is 0.0678 e. The largest absolute Gasteiger partial charge is 0.360 e. The molecule has 0 amide bonds. The predicted molar refractivity (Wildman–Crippen MR) is 68.7 cm³/mol. The van der Waals surface area contributed by atoms with Gasteiger partial charge in [-0.2, -0.15) is 0 Å². The third-order valence-corrected chi connectivity index (χ3v) is 2.88. The SMILES string of the molecule is CC(C)Cc1cnc(C(C)C)c2[nH]ccc12. The molecule has 0 saturated heterocycles. The lowest BCUT2D eigenvalue weighted by molar-refractivity contribution is 0.648. The minimum absolute atomic E-state index is 0.467. The summed E-state index contributed by atoms with van der Waals surface area (Å²) in [6, 6.07) is 2.17. The summed E-state index contributed by atoms with van der Waals surface area (Å²) < 4.78 is 0. The van der Waals surface area contributed by atoms with Crippen LogP contribution in [-0.4, -0.2) is 9.97 Å². The third-order valence-electron chi connectivity index (χ3n) is 2.88. The van der Waals surface area contributed by atoms with Gasteiger partial charge in [0.15, 0.2) is 0 Å². The summed E-state index contributed by atoms with van der Waals surface area (Å²) in [7, 11) is 0.